The maximum absolute atomic E-state index is 11.3. The van der Waals surface area contributed by atoms with Crippen LogP contribution < -0.4 is 11.4 Å². The highest BCUT2D eigenvalue weighted by Gasteiger charge is 2.05. The molecule has 0 bridgehead atoms. The Bertz CT molecular complexity index is 1030. The predicted octanol–water partition coefficient (Wildman–Crippen LogP) is 2.05. The van der Waals surface area contributed by atoms with E-state index in [4.69, 9.17) is 5.73 Å². The van der Waals surface area contributed by atoms with Gasteiger partial charge in [0.25, 0.3) is 0 Å². The first-order valence-corrected chi connectivity index (χ1v) is 6.44. The molecular formula is C15H11N5O. The van der Waals surface area contributed by atoms with Crippen molar-refractivity contribution in [2.75, 3.05) is 5.73 Å². The van der Waals surface area contributed by atoms with Gasteiger partial charge in [0.2, 0.25) is 0 Å². The molecule has 0 aliphatic rings. The van der Waals surface area contributed by atoms with E-state index in [0.717, 1.165) is 22.0 Å². The van der Waals surface area contributed by atoms with Gasteiger partial charge in [-0.15, -0.1) is 0 Å². The summed E-state index contributed by atoms with van der Waals surface area (Å²) in [5, 5.41) is 0.950. The minimum absolute atomic E-state index is 0.255. The number of imidazole rings is 1. The number of aromatic nitrogens is 4. The standard InChI is InChI=1S/C15H11N5O/c16-13-7-9(3-4-17-13)8-1-2-11-10(5-8)6-12-14(18-11)20-15(21)19-12/h1-7H,(H2,16,17)(H2,18,19,20,21). The third-order valence-electron chi connectivity index (χ3n) is 3.41. The zero-order chi connectivity index (χ0) is 14.4. The molecule has 0 unspecified atom stereocenters. The van der Waals surface area contributed by atoms with Crippen molar-refractivity contribution in [3.63, 3.8) is 0 Å². The molecule has 0 amide bonds. The van der Waals surface area contributed by atoms with Crippen molar-refractivity contribution < 1.29 is 0 Å². The second-order valence-corrected chi connectivity index (χ2v) is 4.84. The molecule has 0 spiro atoms. The molecule has 102 valence electrons. The summed E-state index contributed by atoms with van der Waals surface area (Å²) in [6.45, 7) is 0. The highest BCUT2D eigenvalue weighted by molar-refractivity contribution is 5.92. The van der Waals surface area contributed by atoms with Crippen LogP contribution in [-0.2, 0) is 0 Å². The summed E-state index contributed by atoms with van der Waals surface area (Å²) in [5.74, 6) is 0.483. The Morgan fingerprint density at radius 3 is 2.71 bits per heavy atom. The van der Waals surface area contributed by atoms with E-state index in [2.05, 4.69) is 19.9 Å². The largest absolute Gasteiger partial charge is 0.384 e. The Kier molecular flexibility index (Phi) is 2.32. The number of benzene rings is 1. The maximum Gasteiger partial charge on any atom is 0.325 e. The number of anilines is 1. The summed E-state index contributed by atoms with van der Waals surface area (Å²) < 4.78 is 0. The number of hydrogen-bond acceptors (Lipinski definition) is 4. The average molecular weight is 277 g/mol. The number of fused-ring (bicyclic) bond motifs is 2. The number of nitrogens with two attached hydrogens (primary N) is 1. The molecule has 4 rings (SSSR count). The van der Waals surface area contributed by atoms with Crippen LogP contribution in [0.15, 0.2) is 47.4 Å². The van der Waals surface area contributed by atoms with Gasteiger partial charge in [0.05, 0.1) is 11.0 Å². The van der Waals surface area contributed by atoms with E-state index < -0.39 is 0 Å². The van der Waals surface area contributed by atoms with Crippen molar-refractivity contribution in [1.29, 1.82) is 0 Å². The quantitative estimate of drug-likeness (QED) is 0.495. The second kappa shape index (κ2) is 4.17. The Morgan fingerprint density at radius 1 is 1.00 bits per heavy atom. The van der Waals surface area contributed by atoms with Crippen molar-refractivity contribution in [2.45, 2.75) is 0 Å². The lowest BCUT2D eigenvalue weighted by molar-refractivity contribution is 1.20. The monoisotopic (exact) mass is 277 g/mol. The van der Waals surface area contributed by atoms with Crippen molar-refractivity contribution in [1.82, 2.24) is 19.9 Å². The molecule has 0 atom stereocenters. The number of nitrogens with one attached hydrogen (secondary N) is 2. The summed E-state index contributed by atoms with van der Waals surface area (Å²) >= 11 is 0. The number of H-pyrrole nitrogens is 2. The van der Waals surface area contributed by atoms with Crippen LogP contribution in [-0.4, -0.2) is 19.9 Å². The van der Waals surface area contributed by atoms with Crippen LogP contribution in [0.2, 0.25) is 0 Å². The minimum Gasteiger partial charge on any atom is -0.384 e. The smallest absolute Gasteiger partial charge is 0.325 e. The van der Waals surface area contributed by atoms with Gasteiger partial charge >= 0.3 is 5.69 Å². The predicted molar refractivity (Wildman–Crippen MR) is 81.9 cm³/mol. The molecule has 1 aromatic carbocycles. The number of nitrogen functional groups attached to an aromatic ring is 1. The van der Waals surface area contributed by atoms with E-state index in [0.29, 0.717) is 17.0 Å². The van der Waals surface area contributed by atoms with Gasteiger partial charge in [-0.3, -0.25) is 4.98 Å². The molecule has 0 aliphatic heterocycles. The molecule has 6 nitrogen and oxygen atoms in total. The molecule has 0 radical (unpaired) electrons. The fourth-order valence-corrected chi connectivity index (χ4v) is 2.44. The number of pyridine rings is 2. The molecule has 6 heteroatoms. The lowest BCUT2D eigenvalue weighted by Gasteiger charge is -2.04. The van der Waals surface area contributed by atoms with E-state index in [1.165, 1.54) is 0 Å². The van der Waals surface area contributed by atoms with E-state index in [1.807, 2.05) is 36.4 Å². The third-order valence-corrected chi connectivity index (χ3v) is 3.41. The highest BCUT2D eigenvalue weighted by atomic mass is 16.1. The molecule has 0 aliphatic carbocycles. The van der Waals surface area contributed by atoms with Crippen molar-refractivity contribution in [3.05, 3.63) is 53.1 Å². The molecule has 0 saturated carbocycles. The Morgan fingerprint density at radius 2 is 1.86 bits per heavy atom. The van der Waals surface area contributed by atoms with Crippen LogP contribution in [0.5, 0.6) is 0 Å². The molecular weight excluding hydrogens is 266 g/mol. The lowest BCUT2D eigenvalue weighted by atomic mass is 10.0. The molecule has 0 saturated heterocycles. The van der Waals surface area contributed by atoms with Crippen LogP contribution in [0.25, 0.3) is 33.2 Å². The van der Waals surface area contributed by atoms with Gasteiger partial charge < -0.3 is 10.7 Å². The molecule has 4 N–H and O–H groups in total. The van der Waals surface area contributed by atoms with E-state index in [-0.39, 0.29) is 5.69 Å². The first-order chi connectivity index (χ1) is 10.2. The van der Waals surface area contributed by atoms with Crippen molar-refractivity contribution >= 4 is 27.9 Å². The fraction of sp³-hybridized carbons (Fsp3) is 0. The van der Waals surface area contributed by atoms with Crippen LogP contribution >= 0.6 is 0 Å². The average Bonchev–Trinajstić information content (AvgIpc) is 2.83. The summed E-state index contributed by atoms with van der Waals surface area (Å²) in [4.78, 5) is 25.1. The van der Waals surface area contributed by atoms with Crippen LogP contribution in [0.1, 0.15) is 0 Å². The molecule has 0 fully saturated rings. The van der Waals surface area contributed by atoms with Crippen molar-refractivity contribution in [2.24, 2.45) is 0 Å². The van der Waals surface area contributed by atoms with Crippen LogP contribution in [0.3, 0.4) is 0 Å². The minimum atomic E-state index is -0.255. The zero-order valence-corrected chi connectivity index (χ0v) is 10.9. The first-order valence-electron chi connectivity index (χ1n) is 6.44. The van der Waals surface area contributed by atoms with Gasteiger partial charge in [0.1, 0.15) is 5.82 Å². The van der Waals surface area contributed by atoms with E-state index in [1.54, 1.807) is 6.20 Å². The Hall–Kier alpha value is -3.15. The third kappa shape index (κ3) is 1.93. The lowest BCUT2D eigenvalue weighted by Crippen LogP contribution is -1.99. The maximum atomic E-state index is 11.3. The number of aromatic amines is 2. The molecule has 3 aromatic heterocycles. The number of hydrogen-bond donors (Lipinski definition) is 3. The zero-order valence-electron chi connectivity index (χ0n) is 10.9. The van der Waals surface area contributed by atoms with Gasteiger partial charge in [0, 0.05) is 11.6 Å². The number of rotatable bonds is 1. The van der Waals surface area contributed by atoms with Crippen LogP contribution in [0.4, 0.5) is 5.82 Å². The first kappa shape index (κ1) is 11.7. The molecule has 21 heavy (non-hydrogen) atoms. The normalized spacial score (nSPS) is 11.2. The molecule has 3 heterocycles. The van der Waals surface area contributed by atoms with E-state index in [9.17, 15) is 4.79 Å². The second-order valence-electron chi connectivity index (χ2n) is 4.84. The van der Waals surface area contributed by atoms with Gasteiger partial charge in [-0.2, -0.15) is 0 Å². The highest BCUT2D eigenvalue weighted by Crippen LogP contribution is 2.25. The summed E-state index contributed by atoms with van der Waals surface area (Å²) in [5.41, 5.74) is 9.56. The van der Waals surface area contributed by atoms with Gasteiger partial charge in [-0.1, -0.05) is 6.07 Å². The summed E-state index contributed by atoms with van der Waals surface area (Å²) in [7, 11) is 0. The SMILES string of the molecule is Nc1cc(-c2ccc3nc4[nH]c(=O)[nH]c4cc3c2)ccn1. The number of nitrogens with zero attached hydrogens (tertiary/aromatic N) is 2. The fourth-order valence-electron chi connectivity index (χ4n) is 2.44. The van der Waals surface area contributed by atoms with Gasteiger partial charge in [-0.25, -0.2) is 14.8 Å². The topological polar surface area (TPSA) is 100 Å². The summed E-state index contributed by atoms with van der Waals surface area (Å²) in [6.07, 6.45) is 1.68. The van der Waals surface area contributed by atoms with Gasteiger partial charge in [0.15, 0.2) is 5.65 Å². The Balaban J connectivity index is 1.96. The summed E-state index contributed by atoms with van der Waals surface area (Å²) in [6, 6.07) is 11.5. The Labute approximate surface area is 118 Å². The van der Waals surface area contributed by atoms with Crippen molar-refractivity contribution in [3.8, 4) is 11.1 Å². The van der Waals surface area contributed by atoms with Gasteiger partial charge in [-0.05, 0) is 41.5 Å². The van der Waals surface area contributed by atoms with E-state index >= 15 is 0 Å². The molecule has 4 aromatic rings. The van der Waals surface area contributed by atoms with Crippen LogP contribution in [0, 0.1) is 0 Å².